The summed E-state index contributed by atoms with van der Waals surface area (Å²) in [6.45, 7) is 1.05. The van der Waals surface area contributed by atoms with Gasteiger partial charge in [0.1, 0.15) is 23.7 Å². The molecule has 2 aliphatic heterocycles. The number of carbonyl (C=O) groups is 2. The van der Waals surface area contributed by atoms with Crippen molar-refractivity contribution in [3.8, 4) is 0 Å². The minimum Gasteiger partial charge on any atom is -0.348 e. The summed E-state index contributed by atoms with van der Waals surface area (Å²) in [6.07, 6.45) is -12.9. The number of aryl methyl sites for hydroxylation is 2. The van der Waals surface area contributed by atoms with E-state index in [-0.39, 0.29) is 5.56 Å². The highest BCUT2D eigenvalue weighted by Gasteiger charge is 2.80. The SMILES string of the molecule is Cc1nn(C)cc1CN1C(=O)NC(=O)C2C1N=C(c1ccc(F)cc1)NC2(C(F)(F)F)C(F)(F)F. The summed E-state index contributed by atoms with van der Waals surface area (Å²) in [5.74, 6) is -6.40. The number of carbonyl (C=O) groups excluding carboxylic acids is 2. The Labute approximate surface area is 192 Å². The smallest absolute Gasteiger partial charge is 0.348 e. The Bertz CT molecular complexity index is 1190. The van der Waals surface area contributed by atoms with Crippen molar-refractivity contribution in [1.82, 2.24) is 25.3 Å². The summed E-state index contributed by atoms with van der Waals surface area (Å²) in [6, 6.07) is 2.29. The predicted octanol–water partition coefficient (Wildman–Crippen LogP) is 2.78. The first kappa shape index (κ1) is 24.5. The lowest BCUT2D eigenvalue weighted by molar-refractivity contribution is -0.321. The number of rotatable bonds is 3. The number of nitrogens with one attached hydrogen (secondary N) is 2. The molecule has 1 aromatic carbocycles. The van der Waals surface area contributed by atoms with E-state index < -0.39 is 60.1 Å². The standard InChI is InChI=1S/C20H17F7N6O2/c1-9-11(7-32(2)31-9)8-33-15-13(16(34)29-17(33)35)18(19(22,23)24,20(25,26)27)30-14(28-15)10-3-5-12(21)6-4-10/h3-7,13,15H,8H2,1-2H3,(H,28,30)(H,29,34,35). The van der Waals surface area contributed by atoms with Gasteiger partial charge in [0.15, 0.2) is 0 Å². The lowest BCUT2D eigenvalue weighted by Crippen LogP contribution is -2.80. The van der Waals surface area contributed by atoms with Gasteiger partial charge in [-0.2, -0.15) is 31.4 Å². The number of hydrogen-bond donors (Lipinski definition) is 2. The number of amidine groups is 1. The first-order valence-electron chi connectivity index (χ1n) is 10.0. The Morgan fingerprint density at radius 3 is 2.17 bits per heavy atom. The number of hydrogen-bond acceptors (Lipinski definition) is 5. The van der Waals surface area contributed by atoms with Crippen molar-refractivity contribution in [2.45, 2.75) is 37.5 Å². The fourth-order valence-corrected chi connectivity index (χ4v) is 4.25. The molecule has 3 amide bonds. The van der Waals surface area contributed by atoms with Crippen LogP contribution < -0.4 is 10.6 Å². The van der Waals surface area contributed by atoms with Gasteiger partial charge in [-0.15, -0.1) is 0 Å². The Morgan fingerprint density at radius 1 is 1.06 bits per heavy atom. The van der Waals surface area contributed by atoms with E-state index >= 15 is 0 Å². The molecule has 2 atom stereocenters. The molecule has 0 bridgehead atoms. The third-order valence-corrected chi connectivity index (χ3v) is 5.90. The van der Waals surface area contributed by atoms with E-state index in [1.165, 1.54) is 30.2 Å². The monoisotopic (exact) mass is 506 g/mol. The molecule has 2 N–H and O–H groups in total. The second-order valence-electron chi connectivity index (χ2n) is 8.14. The minimum absolute atomic E-state index is 0.307. The third-order valence-electron chi connectivity index (χ3n) is 5.90. The van der Waals surface area contributed by atoms with Crippen molar-refractivity contribution in [2.75, 3.05) is 0 Å². The summed E-state index contributed by atoms with van der Waals surface area (Å²) in [5, 5.41) is 7.03. The quantitative estimate of drug-likeness (QED) is 0.627. The highest BCUT2D eigenvalue weighted by molar-refractivity contribution is 6.04. The maximum Gasteiger partial charge on any atom is 0.421 e. The Kier molecular flexibility index (Phi) is 5.56. The number of nitrogens with zero attached hydrogens (tertiary/aromatic N) is 4. The molecule has 0 saturated carbocycles. The van der Waals surface area contributed by atoms with E-state index in [0.717, 1.165) is 24.3 Å². The normalized spacial score (nSPS) is 22.3. The van der Waals surface area contributed by atoms with Gasteiger partial charge in [-0.25, -0.2) is 14.2 Å². The molecule has 0 radical (unpaired) electrons. The van der Waals surface area contributed by atoms with E-state index in [1.807, 2.05) is 0 Å². The molecule has 0 aliphatic carbocycles. The molecule has 2 aromatic rings. The van der Waals surface area contributed by atoms with E-state index in [2.05, 4.69) is 10.1 Å². The molecule has 15 heteroatoms. The molecule has 3 heterocycles. The van der Waals surface area contributed by atoms with Crippen LogP contribution in [-0.2, 0) is 18.4 Å². The number of benzene rings is 1. The van der Waals surface area contributed by atoms with E-state index in [1.54, 1.807) is 5.32 Å². The average molecular weight is 506 g/mol. The van der Waals surface area contributed by atoms with E-state index in [9.17, 15) is 40.3 Å². The van der Waals surface area contributed by atoms with Crippen molar-refractivity contribution in [3.63, 3.8) is 0 Å². The van der Waals surface area contributed by atoms with Crippen LogP contribution in [0, 0.1) is 18.7 Å². The third kappa shape index (κ3) is 3.87. The fraction of sp³-hybridized carbons (Fsp3) is 0.400. The number of amides is 3. The maximum absolute atomic E-state index is 14.3. The highest BCUT2D eigenvalue weighted by Crippen LogP contribution is 2.52. The Hall–Kier alpha value is -3.65. The van der Waals surface area contributed by atoms with Gasteiger partial charge in [-0.3, -0.25) is 19.7 Å². The van der Waals surface area contributed by atoms with Gasteiger partial charge in [-0.1, -0.05) is 0 Å². The van der Waals surface area contributed by atoms with Crippen molar-refractivity contribution in [2.24, 2.45) is 18.0 Å². The van der Waals surface area contributed by atoms with Gasteiger partial charge in [0.05, 0.1) is 12.2 Å². The van der Waals surface area contributed by atoms with Gasteiger partial charge in [0.2, 0.25) is 11.4 Å². The lowest BCUT2D eigenvalue weighted by atomic mass is 9.76. The molecule has 2 aliphatic rings. The van der Waals surface area contributed by atoms with Crippen molar-refractivity contribution < 1.29 is 40.3 Å². The molecule has 0 spiro atoms. The van der Waals surface area contributed by atoms with Crippen LogP contribution >= 0.6 is 0 Å². The molecule has 35 heavy (non-hydrogen) atoms. The zero-order valence-electron chi connectivity index (χ0n) is 18.0. The Morgan fingerprint density at radius 2 is 1.66 bits per heavy atom. The van der Waals surface area contributed by atoms with E-state index in [4.69, 9.17) is 0 Å². The van der Waals surface area contributed by atoms with Crippen LogP contribution in [0.3, 0.4) is 0 Å². The topological polar surface area (TPSA) is 91.6 Å². The fourth-order valence-electron chi connectivity index (χ4n) is 4.25. The van der Waals surface area contributed by atoms with Crippen molar-refractivity contribution in [3.05, 3.63) is 53.1 Å². The molecule has 2 unspecified atom stereocenters. The Balaban J connectivity index is 1.94. The number of aromatic nitrogens is 2. The van der Waals surface area contributed by atoms with Crippen LogP contribution in [0.15, 0.2) is 35.5 Å². The van der Waals surface area contributed by atoms with Crippen LogP contribution in [0.1, 0.15) is 16.8 Å². The first-order chi connectivity index (χ1) is 16.2. The van der Waals surface area contributed by atoms with Gasteiger partial charge >= 0.3 is 18.4 Å². The average Bonchev–Trinajstić information content (AvgIpc) is 3.05. The summed E-state index contributed by atoms with van der Waals surface area (Å²) < 4.78 is 101. The van der Waals surface area contributed by atoms with E-state index in [0.29, 0.717) is 16.2 Å². The largest absolute Gasteiger partial charge is 0.421 e. The lowest BCUT2D eigenvalue weighted by Gasteiger charge is -2.51. The summed E-state index contributed by atoms with van der Waals surface area (Å²) in [5.41, 5.74) is -4.43. The summed E-state index contributed by atoms with van der Waals surface area (Å²) in [7, 11) is 1.53. The van der Waals surface area contributed by atoms with Gasteiger partial charge in [-0.05, 0) is 31.2 Å². The second-order valence-corrected chi connectivity index (χ2v) is 8.14. The maximum atomic E-state index is 14.3. The van der Waals surface area contributed by atoms with Crippen LogP contribution in [-0.4, -0.2) is 56.5 Å². The summed E-state index contributed by atoms with van der Waals surface area (Å²) >= 11 is 0. The van der Waals surface area contributed by atoms with Crippen LogP contribution in [0.25, 0.3) is 0 Å². The number of aliphatic imine (C=N–C) groups is 1. The van der Waals surface area contributed by atoms with Crippen LogP contribution in [0.5, 0.6) is 0 Å². The summed E-state index contributed by atoms with van der Waals surface area (Å²) in [4.78, 5) is 29.8. The molecule has 1 saturated heterocycles. The minimum atomic E-state index is -6.05. The number of halogens is 7. The highest BCUT2D eigenvalue weighted by atomic mass is 19.4. The zero-order chi connectivity index (χ0) is 25.9. The number of imide groups is 1. The molecule has 8 nitrogen and oxygen atoms in total. The second kappa shape index (κ2) is 7.95. The zero-order valence-corrected chi connectivity index (χ0v) is 18.0. The number of alkyl halides is 6. The van der Waals surface area contributed by atoms with Crippen LogP contribution in [0.2, 0.25) is 0 Å². The van der Waals surface area contributed by atoms with Crippen LogP contribution in [0.4, 0.5) is 35.5 Å². The van der Waals surface area contributed by atoms with Gasteiger partial charge < -0.3 is 5.32 Å². The predicted molar refractivity (Wildman–Crippen MR) is 105 cm³/mol. The van der Waals surface area contributed by atoms with Crippen molar-refractivity contribution >= 4 is 17.8 Å². The number of fused-ring (bicyclic) bond motifs is 1. The number of urea groups is 1. The molecule has 4 rings (SSSR count). The molecular weight excluding hydrogens is 489 g/mol. The molecular formula is C20H17F7N6O2. The molecule has 1 aromatic heterocycles. The molecule has 1 fully saturated rings. The van der Waals surface area contributed by atoms with Crippen molar-refractivity contribution in [1.29, 1.82) is 0 Å². The van der Waals surface area contributed by atoms with Gasteiger partial charge in [0.25, 0.3) is 0 Å². The van der Waals surface area contributed by atoms with Gasteiger partial charge in [0, 0.05) is 24.4 Å². The first-order valence-corrected chi connectivity index (χ1v) is 10.0. The molecule has 188 valence electrons.